The van der Waals surface area contributed by atoms with Crippen molar-refractivity contribution in [3.05, 3.63) is 112 Å². The number of hydrogen-bond acceptors (Lipinski definition) is 5. The first kappa shape index (κ1) is 25.0. The van der Waals surface area contributed by atoms with Crippen LogP contribution in [0.1, 0.15) is 11.1 Å². The summed E-state index contributed by atoms with van der Waals surface area (Å²) in [4.78, 5) is 27.2. The minimum absolute atomic E-state index is 0.0750. The van der Waals surface area contributed by atoms with Gasteiger partial charge in [0.1, 0.15) is 5.57 Å². The largest absolute Gasteiger partial charge is 0.331 e. The number of carbonyl (C=O) groups is 2. The average Bonchev–Trinajstić information content (AvgIpc) is 2.86. The van der Waals surface area contributed by atoms with E-state index in [9.17, 15) is 18.0 Å². The van der Waals surface area contributed by atoms with E-state index in [2.05, 4.69) is 0 Å². The molecule has 0 unspecified atom stereocenters. The molecule has 0 radical (unpaired) electrons. The summed E-state index contributed by atoms with van der Waals surface area (Å²) in [5.74, 6) is -1.66. The first-order chi connectivity index (χ1) is 16.9. The van der Waals surface area contributed by atoms with Crippen LogP contribution < -0.4 is 0 Å². The molecule has 35 heavy (non-hydrogen) atoms. The Balaban J connectivity index is 1.64. The predicted molar refractivity (Wildman–Crippen MR) is 138 cm³/mol. The molecule has 0 atom stereocenters. The van der Waals surface area contributed by atoms with Crippen molar-refractivity contribution >= 4 is 45.4 Å². The van der Waals surface area contributed by atoms with Crippen LogP contribution >= 0.6 is 23.4 Å². The SMILES string of the molecule is O=C1C(=CSc2ccccc2Cl)C(=O)N(CCc2ccccc2)S(=O)(=O)N1CCc1ccccc1. The van der Waals surface area contributed by atoms with Gasteiger partial charge in [0.2, 0.25) is 0 Å². The summed E-state index contributed by atoms with van der Waals surface area (Å²) in [6, 6.07) is 25.6. The summed E-state index contributed by atoms with van der Waals surface area (Å²) in [5, 5.41) is 1.87. The normalized spacial score (nSPS) is 15.4. The molecule has 3 aromatic carbocycles. The van der Waals surface area contributed by atoms with Gasteiger partial charge in [-0.25, -0.2) is 8.61 Å². The van der Waals surface area contributed by atoms with Crippen molar-refractivity contribution < 1.29 is 18.0 Å². The highest BCUT2D eigenvalue weighted by molar-refractivity contribution is 8.02. The van der Waals surface area contributed by atoms with Gasteiger partial charge in [-0.15, -0.1) is 0 Å². The Morgan fingerprint density at radius 2 is 1.17 bits per heavy atom. The molecule has 6 nitrogen and oxygen atoms in total. The fraction of sp³-hybridized carbons (Fsp3) is 0.154. The molecule has 1 fully saturated rings. The second-order valence-electron chi connectivity index (χ2n) is 7.81. The maximum absolute atomic E-state index is 13.4. The molecule has 2 amide bonds. The number of halogens is 1. The predicted octanol–water partition coefficient (Wildman–Crippen LogP) is 4.72. The molecule has 0 spiro atoms. The highest BCUT2D eigenvalue weighted by Crippen LogP contribution is 2.31. The van der Waals surface area contributed by atoms with Crippen molar-refractivity contribution in [2.24, 2.45) is 0 Å². The van der Waals surface area contributed by atoms with Crippen LogP contribution in [0.3, 0.4) is 0 Å². The van der Waals surface area contributed by atoms with E-state index in [0.29, 0.717) is 22.8 Å². The minimum atomic E-state index is -4.34. The molecule has 0 aromatic heterocycles. The zero-order chi connectivity index (χ0) is 24.8. The zero-order valence-corrected chi connectivity index (χ0v) is 21.1. The maximum atomic E-state index is 13.4. The van der Waals surface area contributed by atoms with E-state index < -0.39 is 22.0 Å². The Kier molecular flexibility index (Phi) is 7.95. The molecule has 1 saturated heterocycles. The van der Waals surface area contributed by atoms with Crippen LogP contribution in [0.4, 0.5) is 0 Å². The summed E-state index contributed by atoms with van der Waals surface area (Å²) in [6.45, 7) is -0.150. The minimum Gasteiger partial charge on any atom is -0.268 e. The van der Waals surface area contributed by atoms with E-state index in [-0.39, 0.29) is 18.7 Å². The molecule has 9 heteroatoms. The molecule has 0 saturated carbocycles. The Morgan fingerprint density at radius 1 is 0.714 bits per heavy atom. The summed E-state index contributed by atoms with van der Waals surface area (Å²) >= 11 is 7.33. The first-order valence-corrected chi connectivity index (χ1v) is 13.6. The van der Waals surface area contributed by atoms with Gasteiger partial charge in [0.25, 0.3) is 11.8 Å². The van der Waals surface area contributed by atoms with Crippen molar-refractivity contribution in [2.75, 3.05) is 13.1 Å². The molecule has 0 N–H and O–H groups in total. The van der Waals surface area contributed by atoms with Gasteiger partial charge in [0.15, 0.2) is 0 Å². The van der Waals surface area contributed by atoms with Crippen LogP contribution in [0.2, 0.25) is 5.02 Å². The Labute approximate surface area is 214 Å². The van der Waals surface area contributed by atoms with E-state index >= 15 is 0 Å². The second-order valence-corrected chi connectivity index (χ2v) is 10.9. The van der Waals surface area contributed by atoms with E-state index in [1.165, 1.54) is 5.41 Å². The van der Waals surface area contributed by atoms with Crippen molar-refractivity contribution in [3.8, 4) is 0 Å². The Bertz CT molecular complexity index is 1270. The van der Waals surface area contributed by atoms with Crippen LogP contribution in [0, 0.1) is 0 Å². The van der Waals surface area contributed by atoms with Crippen molar-refractivity contribution in [3.63, 3.8) is 0 Å². The Morgan fingerprint density at radius 3 is 1.66 bits per heavy atom. The lowest BCUT2D eigenvalue weighted by Crippen LogP contribution is -2.57. The summed E-state index contributed by atoms with van der Waals surface area (Å²) in [6.07, 6.45) is 0.662. The van der Waals surface area contributed by atoms with E-state index in [0.717, 1.165) is 31.5 Å². The maximum Gasteiger partial charge on any atom is 0.331 e. The Hall–Kier alpha value is -3.07. The van der Waals surface area contributed by atoms with Gasteiger partial charge in [-0.05, 0) is 41.5 Å². The number of rotatable bonds is 8. The van der Waals surface area contributed by atoms with Crippen LogP contribution in [0.25, 0.3) is 0 Å². The molecule has 0 aliphatic carbocycles. The molecule has 180 valence electrons. The first-order valence-electron chi connectivity index (χ1n) is 11.0. The molecule has 0 bridgehead atoms. The zero-order valence-electron chi connectivity index (χ0n) is 18.7. The summed E-state index contributed by atoms with van der Waals surface area (Å²) < 4.78 is 28.4. The number of thioether (sulfide) groups is 1. The van der Waals surface area contributed by atoms with E-state index in [4.69, 9.17) is 11.6 Å². The standard InChI is InChI=1S/C26H23ClN2O4S2/c27-23-13-7-8-14-24(23)34-19-22-25(30)28(17-15-20-9-3-1-4-10-20)35(32,33)29(26(22)31)18-16-21-11-5-2-6-12-21/h1-14,19H,15-18H2. The van der Waals surface area contributed by atoms with Gasteiger partial charge in [-0.1, -0.05) is 96.2 Å². The summed E-state index contributed by atoms with van der Waals surface area (Å²) in [5.41, 5.74) is 1.57. The van der Waals surface area contributed by atoms with E-state index in [1.54, 1.807) is 24.3 Å². The molecule has 1 aliphatic heterocycles. The van der Waals surface area contributed by atoms with Gasteiger partial charge in [-0.3, -0.25) is 9.59 Å². The van der Waals surface area contributed by atoms with Crippen LogP contribution in [-0.4, -0.2) is 41.9 Å². The number of hydrogen-bond donors (Lipinski definition) is 0. The lowest BCUT2D eigenvalue weighted by atomic mass is 10.1. The molecule has 4 rings (SSSR count). The molecular formula is C26H23ClN2O4S2. The third kappa shape index (κ3) is 5.78. The monoisotopic (exact) mass is 526 g/mol. The lowest BCUT2D eigenvalue weighted by Gasteiger charge is -2.35. The molecule has 3 aromatic rings. The number of carbonyl (C=O) groups excluding carboxylic acids is 2. The second kappa shape index (κ2) is 11.1. The van der Waals surface area contributed by atoms with Gasteiger partial charge < -0.3 is 0 Å². The fourth-order valence-corrected chi connectivity index (χ4v) is 6.19. The summed E-state index contributed by atoms with van der Waals surface area (Å²) in [7, 11) is -4.34. The molecular weight excluding hydrogens is 504 g/mol. The number of amides is 2. The van der Waals surface area contributed by atoms with Crippen LogP contribution in [0.5, 0.6) is 0 Å². The highest BCUT2D eigenvalue weighted by Gasteiger charge is 2.46. The van der Waals surface area contributed by atoms with Crippen molar-refractivity contribution in [1.29, 1.82) is 0 Å². The molecule has 1 aliphatic rings. The van der Waals surface area contributed by atoms with Crippen molar-refractivity contribution in [2.45, 2.75) is 17.7 Å². The van der Waals surface area contributed by atoms with Gasteiger partial charge >= 0.3 is 10.2 Å². The lowest BCUT2D eigenvalue weighted by molar-refractivity contribution is -0.131. The van der Waals surface area contributed by atoms with E-state index in [1.807, 2.05) is 60.7 Å². The number of benzene rings is 3. The van der Waals surface area contributed by atoms with Crippen LogP contribution in [-0.2, 0) is 32.6 Å². The van der Waals surface area contributed by atoms with Crippen molar-refractivity contribution in [1.82, 2.24) is 8.61 Å². The third-order valence-electron chi connectivity index (χ3n) is 5.50. The van der Waals surface area contributed by atoms with Gasteiger partial charge in [-0.2, -0.15) is 8.42 Å². The molecule has 1 heterocycles. The van der Waals surface area contributed by atoms with Gasteiger partial charge in [0, 0.05) is 18.0 Å². The van der Waals surface area contributed by atoms with Gasteiger partial charge in [0.05, 0.1) is 5.02 Å². The fourth-order valence-electron chi connectivity index (χ4n) is 3.64. The smallest absolute Gasteiger partial charge is 0.268 e. The highest BCUT2D eigenvalue weighted by atomic mass is 35.5. The average molecular weight is 527 g/mol. The quantitative estimate of drug-likeness (QED) is 0.241. The topological polar surface area (TPSA) is 74.8 Å². The third-order valence-corrected chi connectivity index (χ3v) is 8.72. The van der Waals surface area contributed by atoms with Crippen LogP contribution in [0.15, 0.2) is 101 Å². The number of nitrogens with zero attached hydrogens (tertiary/aromatic N) is 2.